The van der Waals surface area contributed by atoms with E-state index in [0.29, 0.717) is 67.2 Å². The van der Waals surface area contributed by atoms with Crippen LogP contribution in [0.1, 0.15) is 122 Å². The second kappa shape index (κ2) is 12.9. The molecule has 3 heterocycles. The largest absolute Gasteiger partial charge is 0.416 e. The number of alkyl halides is 6. The maximum Gasteiger partial charge on any atom is 0.416 e. The topological polar surface area (TPSA) is 62.1 Å². The smallest absolute Gasteiger partial charge is 0.388 e. The molecule has 2 aromatic heterocycles. The number of anilines is 1. The zero-order valence-electron chi connectivity index (χ0n) is 26.8. The molecule has 1 aliphatic heterocycles. The maximum atomic E-state index is 17.2. The fraction of sp³-hybridized carbons (Fsp3) is 0.571. The van der Waals surface area contributed by atoms with E-state index in [1.54, 1.807) is 24.2 Å². The van der Waals surface area contributed by atoms with Crippen molar-refractivity contribution in [3.05, 3.63) is 75.9 Å². The van der Waals surface area contributed by atoms with Crippen LogP contribution in [-0.2, 0) is 12.6 Å². The summed E-state index contributed by atoms with van der Waals surface area (Å²) < 4.78 is 86.2. The Kier molecular flexibility index (Phi) is 9.32. The Bertz CT molecular complexity index is 1560. The average molecular weight is 679 g/mol. The Labute approximate surface area is 275 Å². The molecule has 2 aliphatic carbocycles. The van der Waals surface area contributed by atoms with E-state index in [9.17, 15) is 27.1 Å². The van der Waals surface area contributed by atoms with E-state index in [1.165, 1.54) is 0 Å². The number of aliphatic hydroxyl groups is 1. The van der Waals surface area contributed by atoms with E-state index in [4.69, 9.17) is 4.98 Å². The minimum absolute atomic E-state index is 0.0359. The standard InChI is InChI=1S/C35H40F6N4OS/c1-33(2)16-25-28(26(46)17-33)27(20-8-12-34(37,38)13-9-20)29(30(36)21-4-6-23(7-5-21)35(39,40)41)31(44-25)22-10-14-45(15-11-22)32-42-18-24(47-3)19-43-32/h4-7,18-20,22,26,30,46H,8-17H2,1-3H3/t26-,30?/m0/s1. The number of piperidine rings is 1. The summed E-state index contributed by atoms with van der Waals surface area (Å²) in [5, 5.41) is 11.6. The lowest BCUT2D eigenvalue weighted by Crippen LogP contribution is -2.36. The number of fused-ring (bicyclic) bond motifs is 1. The average Bonchev–Trinajstić information content (AvgIpc) is 3.03. The zero-order valence-corrected chi connectivity index (χ0v) is 27.6. The van der Waals surface area contributed by atoms with E-state index in [-0.39, 0.29) is 48.1 Å². The van der Waals surface area contributed by atoms with Crippen molar-refractivity contribution in [2.24, 2.45) is 5.41 Å². The summed E-state index contributed by atoms with van der Waals surface area (Å²) >= 11 is 1.55. The Morgan fingerprint density at radius 3 is 2.13 bits per heavy atom. The third-order valence-corrected chi connectivity index (χ3v) is 10.8. The molecule has 1 N–H and O–H groups in total. The molecule has 1 aromatic carbocycles. The van der Waals surface area contributed by atoms with Crippen LogP contribution >= 0.6 is 11.8 Å². The lowest BCUT2D eigenvalue weighted by Gasteiger charge is -2.41. The van der Waals surface area contributed by atoms with Gasteiger partial charge in [-0.25, -0.2) is 23.1 Å². The molecule has 3 aromatic rings. The van der Waals surface area contributed by atoms with Gasteiger partial charge in [0.05, 0.1) is 17.4 Å². The van der Waals surface area contributed by atoms with Crippen LogP contribution in [0.15, 0.2) is 41.6 Å². The summed E-state index contributed by atoms with van der Waals surface area (Å²) in [7, 11) is 0. The fourth-order valence-corrected chi connectivity index (χ4v) is 7.96. The second-order valence-electron chi connectivity index (χ2n) is 14.0. The lowest BCUT2D eigenvalue weighted by molar-refractivity contribution is -0.137. The highest BCUT2D eigenvalue weighted by Crippen LogP contribution is 2.52. The molecular formula is C35H40F6N4OS. The first kappa shape index (κ1) is 34.0. The molecule has 254 valence electrons. The van der Waals surface area contributed by atoms with Gasteiger partial charge in [0.2, 0.25) is 11.9 Å². The van der Waals surface area contributed by atoms with Crippen molar-refractivity contribution in [3.63, 3.8) is 0 Å². The molecule has 0 spiro atoms. The minimum Gasteiger partial charge on any atom is -0.388 e. The summed E-state index contributed by atoms with van der Waals surface area (Å²) in [5.74, 6) is -2.86. The van der Waals surface area contributed by atoms with E-state index in [2.05, 4.69) is 14.9 Å². The van der Waals surface area contributed by atoms with Crippen molar-refractivity contribution in [2.75, 3.05) is 24.2 Å². The molecule has 3 aliphatic rings. The molecule has 47 heavy (non-hydrogen) atoms. The van der Waals surface area contributed by atoms with Crippen molar-refractivity contribution in [3.8, 4) is 0 Å². The summed E-state index contributed by atoms with van der Waals surface area (Å²) in [4.78, 5) is 17.1. The Balaban J connectivity index is 1.46. The Morgan fingerprint density at radius 1 is 0.936 bits per heavy atom. The number of aromatic nitrogens is 3. The van der Waals surface area contributed by atoms with Crippen LogP contribution in [0.25, 0.3) is 0 Å². The first-order valence-electron chi connectivity index (χ1n) is 16.2. The monoisotopic (exact) mass is 678 g/mol. The number of thioether (sulfide) groups is 1. The van der Waals surface area contributed by atoms with Gasteiger partial charge < -0.3 is 10.0 Å². The zero-order chi connectivity index (χ0) is 33.7. The van der Waals surface area contributed by atoms with Crippen LogP contribution < -0.4 is 4.90 Å². The molecule has 1 unspecified atom stereocenters. The third kappa shape index (κ3) is 7.14. The fourth-order valence-electron chi connectivity index (χ4n) is 7.65. The SMILES string of the molecule is CSc1cnc(N2CCC(c3nc4c(c(C5CCC(F)(F)CC5)c3C(F)c3ccc(C(F)(F)F)cc3)[C@@H](O)CC(C)(C)C4)CC2)nc1. The number of rotatable bonds is 6. The third-order valence-electron chi connectivity index (χ3n) is 10.1. The van der Waals surface area contributed by atoms with Crippen molar-refractivity contribution in [2.45, 2.75) is 106 Å². The number of halogens is 6. The molecule has 2 atom stereocenters. The minimum atomic E-state index is -4.58. The summed E-state index contributed by atoms with van der Waals surface area (Å²) in [5.41, 5.74) is 1.34. The van der Waals surface area contributed by atoms with Gasteiger partial charge in [-0.3, -0.25) is 4.98 Å². The molecule has 0 bridgehead atoms. The highest BCUT2D eigenvalue weighted by Gasteiger charge is 2.43. The number of nitrogens with zero attached hydrogens (tertiary/aromatic N) is 4. The molecule has 2 fully saturated rings. The normalized spacial score (nSPS) is 22.6. The van der Waals surface area contributed by atoms with Crippen LogP contribution in [0, 0.1) is 5.41 Å². The van der Waals surface area contributed by atoms with E-state index in [0.717, 1.165) is 29.2 Å². The van der Waals surface area contributed by atoms with Crippen LogP contribution in [0.4, 0.5) is 32.3 Å². The number of hydrogen-bond donors (Lipinski definition) is 1. The van der Waals surface area contributed by atoms with Gasteiger partial charge in [0.25, 0.3) is 0 Å². The van der Waals surface area contributed by atoms with Crippen LogP contribution in [0.5, 0.6) is 0 Å². The van der Waals surface area contributed by atoms with Gasteiger partial charge in [-0.15, -0.1) is 11.8 Å². The first-order chi connectivity index (χ1) is 22.2. The van der Waals surface area contributed by atoms with Gasteiger partial charge in [0, 0.05) is 66.0 Å². The van der Waals surface area contributed by atoms with E-state index in [1.807, 2.05) is 20.1 Å². The van der Waals surface area contributed by atoms with Crippen molar-refractivity contribution < 1.29 is 31.4 Å². The first-order valence-corrected chi connectivity index (χ1v) is 17.4. The van der Waals surface area contributed by atoms with Gasteiger partial charge in [0.1, 0.15) is 0 Å². The van der Waals surface area contributed by atoms with Gasteiger partial charge in [-0.2, -0.15) is 13.2 Å². The lowest BCUT2D eigenvalue weighted by atomic mass is 9.68. The van der Waals surface area contributed by atoms with Gasteiger partial charge >= 0.3 is 6.18 Å². The molecule has 0 amide bonds. The summed E-state index contributed by atoms with van der Waals surface area (Å²) in [6.07, 6.45) is -0.238. The summed E-state index contributed by atoms with van der Waals surface area (Å²) in [6.45, 7) is 5.24. The predicted octanol–water partition coefficient (Wildman–Crippen LogP) is 9.35. The molecule has 5 nitrogen and oxygen atoms in total. The molecule has 1 saturated heterocycles. The van der Waals surface area contributed by atoms with Crippen molar-refractivity contribution >= 4 is 17.7 Å². The number of aliphatic hydroxyl groups excluding tert-OH is 1. The van der Waals surface area contributed by atoms with Gasteiger partial charge in [-0.05, 0) is 79.4 Å². The summed E-state index contributed by atoms with van der Waals surface area (Å²) in [6, 6.07) is 4.03. The van der Waals surface area contributed by atoms with Crippen molar-refractivity contribution in [1.29, 1.82) is 0 Å². The highest BCUT2D eigenvalue weighted by atomic mass is 32.2. The van der Waals surface area contributed by atoms with Crippen LogP contribution in [0.3, 0.4) is 0 Å². The van der Waals surface area contributed by atoms with Crippen LogP contribution in [-0.4, -0.2) is 45.3 Å². The Hall–Kier alpha value is -2.86. The predicted molar refractivity (Wildman–Crippen MR) is 170 cm³/mol. The number of benzene rings is 1. The molecular weight excluding hydrogens is 638 g/mol. The van der Waals surface area contributed by atoms with E-state index >= 15 is 4.39 Å². The highest BCUT2D eigenvalue weighted by molar-refractivity contribution is 7.98. The molecule has 12 heteroatoms. The number of hydrogen-bond acceptors (Lipinski definition) is 6. The van der Waals surface area contributed by atoms with E-state index < -0.39 is 35.9 Å². The maximum absolute atomic E-state index is 17.2. The quantitative estimate of drug-likeness (QED) is 0.207. The van der Waals surface area contributed by atoms with Gasteiger partial charge in [0.15, 0.2) is 6.17 Å². The van der Waals surface area contributed by atoms with Crippen LogP contribution in [0.2, 0.25) is 0 Å². The number of pyridine rings is 1. The van der Waals surface area contributed by atoms with Crippen molar-refractivity contribution in [1.82, 2.24) is 15.0 Å². The molecule has 1 saturated carbocycles. The molecule has 0 radical (unpaired) electrons. The second-order valence-corrected chi connectivity index (χ2v) is 14.9. The van der Waals surface area contributed by atoms with Gasteiger partial charge in [-0.1, -0.05) is 26.0 Å². The molecule has 6 rings (SSSR count). The Morgan fingerprint density at radius 2 is 1.55 bits per heavy atom.